The van der Waals surface area contributed by atoms with Crippen LogP contribution < -0.4 is 9.47 Å². The molecule has 9 heteroatoms. The van der Waals surface area contributed by atoms with Crippen molar-refractivity contribution in [3.8, 4) is 22.8 Å². The van der Waals surface area contributed by atoms with E-state index >= 15 is 0 Å². The predicted molar refractivity (Wildman–Crippen MR) is 226 cm³/mol. The van der Waals surface area contributed by atoms with Crippen LogP contribution in [0.4, 0.5) is 0 Å². The molecule has 58 heavy (non-hydrogen) atoms. The molecule has 1 aliphatic heterocycles. The van der Waals surface area contributed by atoms with Crippen molar-refractivity contribution in [3.63, 3.8) is 0 Å². The van der Waals surface area contributed by atoms with E-state index < -0.39 is 22.4 Å². The van der Waals surface area contributed by atoms with Crippen molar-refractivity contribution in [1.82, 2.24) is 4.98 Å². The van der Waals surface area contributed by atoms with Gasteiger partial charge in [0.15, 0.2) is 0 Å². The second-order valence-electron chi connectivity index (χ2n) is 16.2. The van der Waals surface area contributed by atoms with Crippen molar-refractivity contribution in [2.24, 2.45) is 15.8 Å². The molecule has 0 saturated carbocycles. The molecule has 0 bridgehead atoms. The first-order valence-electron chi connectivity index (χ1n) is 21.5. The fraction of sp³-hybridized carbons (Fsp3) is 0.449. The van der Waals surface area contributed by atoms with Gasteiger partial charge in [-0.2, -0.15) is 0 Å². The second kappa shape index (κ2) is 16.5. The molecule has 4 aliphatic rings. The number of hydrogen-bond acceptors (Lipinski definition) is 8. The largest absolute Gasteiger partial charge is 0.506 e. The van der Waals surface area contributed by atoms with Crippen LogP contribution in [-0.2, 0) is 32.0 Å². The molecule has 2 aromatic carbocycles. The third kappa shape index (κ3) is 6.70. The van der Waals surface area contributed by atoms with Gasteiger partial charge in [0.25, 0.3) is 0 Å². The minimum Gasteiger partial charge on any atom is -0.506 e. The number of ketones is 2. The van der Waals surface area contributed by atoms with E-state index in [-0.39, 0.29) is 28.8 Å². The predicted octanol–water partition coefficient (Wildman–Crippen LogP) is 10.9. The standard InChI is InChI=1S/C49H56N2O7/c1-7-48(8-2,9-3)46(55)57-35-27-19-17-25-33(35)39-29-21-13-15-23-31(29)41(50-39)37-43(52)38(45(54)44(37)53)42-32-24-16-14-22-30(32)40(51-42)34-26-18-20-28-36(34)58-47(56)49(10-4,11-5)12-6/h17-20,25-28,50,52H,7-16,21-24H2,1-6H3. The molecule has 3 aliphatic carbocycles. The maximum Gasteiger partial charge on any atom is 0.317 e. The Morgan fingerprint density at radius 3 is 1.62 bits per heavy atom. The summed E-state index contributed by atoms with van der Waals surface area (Å²) in [6, 6.07) is 14.7. The average Bonchev–Trinajstić information content (AvgIpc) is 3.88. The van der Waals surface area contributed by atoms with Gasteiger partial charge in [0, 0.05) is 11.1 Å². The van der Waals surface area contributed by atoms with Crippen molar-refractivity contribution in [3.05, 3.63) is 99.1 Å². The second-order valence-corrected chi connectivity index (χ2v) is 16.2. The van der Waals surface area contributed by atoms with Crippen LogP contribution in [0, 0.1) is 10.8 Å². The van der Waals surface area contributed by atoms with Gasteiger partial charge in [0.05, 0.1) is 44.8 Å². The van der Waals surface area contributed by atoms with Crippen LogP contribution in [-0.4, -0.2) is 39.3 Å². The molecule has 7 rings (SSSR count). The molecule has 1 aromatic heterocycles. The molecule has 0 fully saturated rings. The summed E-state index contributed by atoms with van der Waals surface area (Å²) >= 11 is 0. The smallest absolute Gasteiger partial charge is 0.317 e. The lowest BCUT2D eigenvalue weighted by Gasteiger charge is -2.28. The number of rotatable bonds is 13. The molecule has 9 nitrogen and oxygen atoms in total. The van der Waals surface area contributed by atoms with E-state index in [0.717, 1.165) is 54.4 Å². The van der Waals surface area contributed by atoms with Crippen molar-refractivity contribution < 1.29 is 33.8 Å². The monoisotopic (exact) mass is 784 g/mol. The van der Waals surface area contributed by atoms with E-state index in [4.69, 9.17) is 14.5 Å². The van der Waals surface area contributed by atoms with E-state index in [0.29, 0.717) is 103 Å². The SMILES string of the molecule is CCC(CC)(CC)C(=O)Oc1ccccc1C1=NC(=C2C(=O)C(=O)C(c3[nH]c(-c4ccccc4OC(=O)C(CC)(CC)CC)c4c3CCCC4)=C2O)C2=C1CCCC2. The van der Waals surface area contributed by atoms with Gasteiger partial charge in [-0.1, -0.05) is 65.8 Å². The van der Waals surface area contributed by atoms with Crippen LogP contribution in [0.2, 0.25) is 0 Å². The van der Waals surface area contributed by atoms with Crippen LogP contribution in [0.5, 0.6) is 11.5 Å². The topological polar surface area (TPSA) is 135 Å². The molecule has 2 heterocycles. The van der Waals surface area contributed by atoms with Crippen molar-refractivity contribution >= 4 is 34.8 Å². The summed E-state index contributed by atoms with van der Waals surface area (Å²) in [6.45, 7) is 12.0. The summed E-state index contributed by atoms with van der Waals surface area (Å²) < 4.78 is 12.3. The van der Waals surface area contributed by atoms with Crippen molar-refractivity contribution in [2.75, 3.05) is 0 Å². The number of benzene rings is 2. The molecule has 0 unspecified atom stereocenters. The number of Topliss-reactive ketones (excluding diaryl/α,β-unsaturated/α-hetero) is 2. The molecule has 0 radical (unpaired) electrons. The Kier molecular flexibility index (Phi) is 11.6. The fourth-order valence-electron chi connectivity index (χ4n) is 9.60. The van der Waals surface area contributed by atoms with Gasteiger partial charge in [-0.05, 0) is 136 Å². The van der Waals surface area contributed by atoms with Crippen LogP contribution in [0.25, 0.3) is 16.8 Å². The zero-order valence-electron chi connectivity index (χ0n) is 34.9. The number of carbonyl (C=O) groups is 4. The molecule has 2 N–H and O–H groups in total. The molecule has 0 amide bonds. The number of allylic oxidation sites excluding steroid dienone is 4. The van der Waals surface area contributed by atoms with E-state index in [1.807, 2.05) is 77.9 Å². The van der Waals surface area contributed by atoms with Crippen LogP contribution in [0.1, 0.15) is 141 Å². The Labute approximate surface area is 341 Å². The zero-order valence-corrected chi connectivity index (χ0v) is 34.9. The van der Waals surface area contributed by atoms with Gasteiger partial charge in [0.1, 0.15) is 17.3 Å². The lowest BCUT2D eigenvalue weighted by Crippen LogP contribution is -2.33. The number of ether oxygens (including phenoxy) is 2. The summed E-state index contributed by atoms with van der Waals surface area (Å²) in [7, 11) is 0. The summed E-state index contributed by atoms with van der Waals surface area (Å²) in [5.74, 6) is -1.71. The fourth-order valence-corrected chi connectivity index (χ4v) is 9.60. The van der Waals surface area contributed by atoms with Gasteiger partial charge in [-0.15, -0.1) is 0 Å². The first-order chi connectivity index (χ1) is 28.0. The minimum absolute atomic E-state index is 0.0562. The number of aromatic amines is 1. The number of hydrogen-bond donors (Lipinski definition) is 2. The number of esters is 2. The highest BCUT2D eigenvalue weighted by Crippen LogP contribution is 2.47. The first kappa shape index (κ1) is 40.9. The maximum atomic E-state index is 14.2. The van der Waals surface area contributed by atoms with E-state index in [1.54, 1.807) is 12.1 Å². The number of H-pyrrole nitrogens is 1. The number of para-hydroxylation sites is 2. The van der Waals surface area contributed by atoms with Gasteiger partial charge in [0.2, 0.25) is 11.6 Å². The molecule has 0 spiro atoms. The van der Waals surface area contributed by atoms with E-state index in [2.05, 4.69) is 4.98 Å². The first-order valence-corrected chi connectivity index (χ1v) is 21.5. The third-order valence-corrected chi connectivity index (χ3v) is 13.8. The molecular weight excluding hydrogens is 729 g/mol. The maximum absolute atomic E-state index is 14.2. The number of fused-ring (bicyclic) bond motifs is 1. The number of aromatic nitrogens is 1. The highest BCUT2D eigenvalue weighted by molar-refractivity contribution is 6.63. The number of aliphatic hydroxyl groups is 1. The lowest BCUT2D eigenvalue weighted by atomic mass is 9.80. The normalized spacial score (nSPS) is 18.4. The quantitative estimate of drug-likeness (QED) is 0.0762. The lowest BCUT2D eigenvalue weighted by molar-refractivity contribution is -0.147. The Bertz CT molecular complexity index is 2290. The average molecular weight is 785 g/mol. The Morgan fingerprint density at radius 1 is 0.621 bits per heavy atom. The molecule has 3 aromatic rings. The summed E-state index contributed by atoms with van der Waals surface area (Å²) in [6.07, 6.45) is 10.2. The number of carbonyl (C=O) groups excluding carboxylic acids is 4. The van der Waals surface area contributed by atoms with Crippen molar-refractivity contribution in [1.29, 1.82) is 0 Å². The summed E-state index contributed by atoms with van der Waals surface area (Å²) in [4.78, 5) is 64.2. The van der Waals surface area contributed by atoms with Gasteiger partial charge >= 0.3 is 11.9 Å². The van der Waals surface area contributed by atoms with Crippen molar-refractivity contribution in [2.45, 2.75) is 131 Å². The van der Waals surface area contributed by atoms with Gasteiger partial charge in [-0.25, -0.2) is 4.99 Å². The Morgan fingerprint density at radius 2 is 1.07 bits per heavy atom. The van der Waals surface area contributed by atoms with E-state index in [1.165, 1.54) is 0 Å². The number of aliphatic imine (C=N–C) groups is 1. The molecule has 0 atom stereocenters. The number of aliphatic hydroxyl groups excluding tert-OH is 1. The Balaban J connectivity index is 1.34. The number of nitrogens with one attached hydrogen (secondary N) is 1. The highest BCUT2D eigenvalue weighted by atomic mass is 16.5. The highest BCUT2D eigenvalue weighted by Gasteiger charge is 2.45. The van der Waals surface area contributed by atoms with Gasteiger partial charge in [-0.3, -0.25) is 19.2 Å². The molecular formula is C49H56N2O7. The van der Waals surface area contributed by atoms with Gasteiger partial charge < -0.3 is 19.6 Å². The summed E-state index contributed by atoms with van der Waals surface area (Å²) in [5.41, 5.74) is 5.66. The molecule has 304 valence electrons. The number of nitrogens with zero attached hydrogens (tertiary/aromatic N) is 1. The van der Waals surface area contributed by atoms with Crippen LogP contribution >= 0.6 is 0 Å². The molecule has 0 saturated heterocycles. The summed E-state index contributed by atoms with van der Waals surface area (Å²) in [5, 5.41) is 12.2. The third-order valence-electron chi connectivity index (χ3n) is 13.8. The van der Waals surface area contributed by atoms with E-state index in [9.17, 15) is 24.3 Å². The minimum atomic E-state index is -0.798. The zero-order chi connectivity index (χ0) is 41.4. The van der Waals surface area contributed by atoms with Crippen LogP contribution in [0.3, 0.4) is 0 Å². The van der Waals surface area contributed by atoms with Crippen LogP contribution in [0.15, 0.2) is 81.7 Å². The Hall–Kier alpha value is -5.31.